The van der Waals surface area contributed by atoms with Crippen molar-refractivity contribution in [2.45, 2.75) is 496 Å². The van der Waals surface area contributed by atoms with Crippen LogP contribution in [0.1, 0.15) is 490 Å². The van der Waals surface area contributed by atoms with E-state index in [4.69, 9.17) is 0 Å². The molecule has 1 aliphatic rings. The number of aliphatic hydroxyl groups excluding tert-OH is 1. The van der Waals surface area contributed by atoms with Crippen LogP contribution in [0.15, 0.2) is 0 Å². The average Bonchev–Trinajstić information content (AvgIpc) is 4.47. The summed E-state index contributed by atoms with van der Waals surface area (Å²) in [6.45, 7) is 9.35. The predicted molar refractivity (Wildman–Crippen MR) is 389 cm³/mol. The Morgan fingerprint density at radius 1 is 0.318 bits per heavy atom. The monoisotopic (exact) mass is 1240 g/mol. The summed E-state index contributed by atoms with van der Waals surface area (Å²) in [5.74, 6) is 2.12. The van der Waals surface area contributed by atoms with Crippen LogP contribution >= 0.6 is 0 Å². The highest BCUT2D eigenvalue weighted by Crippen LogP contribution is 2.49. The van der Waals surface area contributed by atoms with Crippen molar-refractivity contribution in [3.63, 3.8) is 0 Å². The number of hydrogen-bond acceptors (Lipinski definition) is 4. The number of carboxylic acids is 1. The van der Waals surface area contributed by atoms with E-state index in [0.29, 0.717) is 18.6 Å². The molecule has 4 heteroatoms. The lowest BCUT2D eigenvalue weighted by Gasteiger charge is -2.24. The van der Waals surface area contributed by atoms with E-state index in [9.17, 15) is 19.8 Å². The molecule has 0 aliphatic heterocycles. The van der Waals surface area contributed by atoms with Gasteiger partial charge in [-0.05, 0) is 49.9 Å². The summed E-state index contributed by atoms with van der Waals surface area (Å²) in [6.07, 6.45) is 95.8. The van der Waals surface area contributed by atoms with Crippen molar-refractivity contribution in [1.29, 1.82) is 0 Å². The second-order valence-electron chi connectivity index (χ2n) is 30.5. The molecule has 4 nitrogen and oxygen atoms in total. The fourth-order valence-electron chi connectivity index (χ4n) is 15.2. The summed E-state index contributed by atoms with van der Waals surface area (Å²) in [5.41, 5.74) is 0. The second kappa shape index (κ2) is 68.9. The smallest absolute Gasteiger partial charge is 0.135 e. The van der Waals surface area contributed by atoms with Crippen molar-refractivity contribution >= 4 is 11.8 Å². The average molecular weight is 1240 g/mol. The summed E-state index contributed by atoms with van der Waals surface area (Å²) >= 11 is 0. The number of ketones is 1. The number of carboxylic acid groups (broad SMARTS) is 1. The van der Waals surface area contributed by atoms with Crippen LogP contribution in [0.3, 0.4) is 0 Å². The molecule has 1 aliphatic carbocycles. The Balaban J connectivity index is 1.77. The van der Waals surface area contributed by atoms with Crippen molar-refractivity contribution in [3.8, 4) is 0 Å². The molecule has 3 unspecified atom stereocenters. The van der Waals surface area contributed by atoms with Crippen LogP contribution in [0, 0.1) is 29.6 Å². The molecule has 0 spiro atoms. The van der Waals surface area contributed by atoms with Gasteiger partial charge in [0.15, 0.2) is 0 Å². The Bertz CT molecular complexity index is 1380. The van der Waals surface area contributed by atoms with Gasteiger partial charge in [0, 0.05) is 24.2 Å². The largest absolute Gasteiger partial charge is 0.550 e. The highest BCUT2D eigenvalue weighted by molar-refractivity contribution is 5.80. The number of aliphatic carboxylic acids is 1. The first-order valence-electron chi connectivity index (χ1n) is 41.7. The molecule has 0 amide bonds. The van der Waals surface area contributed by atoms with Gasteiger partial charge in [-0.25, -0.2) is 0 Å². The Kier molecular flexibility index (Phi) is 66.7. The normalized spacial score (nSPS) is 15.5. The van der Waals surface area contributed by atoms with Crippen molar-refractivity contribution in [3.05, 3.63) is 0 Å². The number of rotatable bonds is 77. The van der Waals surface area contributed by atoms with Gasteiger partial charge in [0.05, 0.1) is 6.10 Å². The summed E-state index contributed by atoms with van der Waals surface area (Å²) in [5, 5.41) is 22.5. The number of carbonyl (C=O) groups is 2. The van der Waals surface area contributed by atoms with E-state index in [1.807, 2.05) is 0 Å². The fourth-order valence-corrected chi connectivity index (χ4v) is 15.2. The molecule has 0 aromatic heterocycles. The van der Waals surface area contributed by atoms with Crippen molar-refractivity contribution < 1.29 is 19.8 Å². The maximum Gasteiger partial charge on any atom is 0.135 e. The minimum atomic E-state index is -1.05. The minimum absolute atomic E-state index is 0.280. The van der Waals surface area contributed by atoms with Gasteiger partial charge in [0.1, 0.15) is 5.78 Å². The number of hydrogen-bond donors (Lipinski definition) is 1. The summed E-state index contributed by atoms with van der Waals surface area (Å²) in [4.78, 5) is 24.5. The first-order valence-corrected chi connectivity index (χ1v) is 41.7. The van der Waals surface area contributed by atoms with Crippen LogP contribution in [-0.2, 0) is 9.59 Å². The highest BCUT2D eigenvalue weighted by atomic mass is 16.4. The molecule has 0 saturated heterocycles. The zero-order chi connectivity index (χ0) is 63.5. The van der Waals surface area contributed by atoms with Crippen LogP contribution in [-0.4, -0.2) is 23.0 Å². The first-order chi connectivity index (χ1) is 43.3. The van der Waals surface area contributed by atoms with Crippen LogP contribution in [0.2, 0.25) is 0 Å². The Morgan fingerprint density at radius 3 is 0.852 bits per heavy atom. The number of carbonyl (C=O) groups excluding carboxylic acids is 2. The maximum absolute atomic E-state index is 12.7. The summed E-state index contributed by atoms with van der Waals surface area (Å²) in [7, 11) is 0. The molecule has 1 saturated carbocycles. The topological polar surface area (TPSA) is 77.4 Å². The van der Waals surface area contributed by atoms with Crippen molar-refractivity contribution in [2.75, 3.05) is 0 Å². The van der Waals surface area contributed by atoms with Crippen LogP contribution in [0.5, 0.6) is 0 Å². The molecule has 1 N–H and O–H groups in total. The van der Waals surface area contributed by atoms with Gasteiger partial charge in [-0.3, -0.25) is 4.79 Å². The van der Waals surface area contributed by atoms with E-state index in [2.05, 4.69) is 27.7 Å². The number of aliphatic hydroxyl groups is 1. The van der Waals surface area contributed by atoms with Gasteiger partial charge in [-0.15, -0.1) is 0 Å². The number of unbranched alkanes of at least 4 members (excludes halogenated alkanes) is 61. The Morgan fingerprint density at radius 2 is 0.557 bits per heavy atom. The van der Waals surface area contributed by atoms with Gasteiger partial charge in [0.25, 0.3) is 0 Å². The quantitative estimate of drug-likeness (QED) is 0.0616. The maximum atomic E-state index is 12.7. The van der Waals surface area contributed by atoms with Gasteiger partial charge in [-0.1, -0.05) is 451 Å². The van der Waals surface area contributed by atoms with Gasteiger partial charge >= 0.3 is 0 Å². The van der Waals surface area contributed by atoms with E-state index in [-0.39, 0.29) is 5.92 Å². The van der Waals surface area contributed by atoms with E-state index in [1.165, 1.54) is 405 Å². The van der Waals surface area contributed by atoms with Crippen LogP contribution in [0.4, 0.5) is 0 Å². The summed E-state index contributed by atoms with van der Waals surface area (Å²) < 4.78 is 0. The third-order valence-electron chi connectivity index (χ3n) is 21.8. The molecule has 6 atom stereocenters. The zero-order valence-corrected chi connectivity index (χ0v) is 61.0. The fraction of sp³-hybridized carbons (Fsp3) is 0.976. The lowest BCUT2D eigenvalue weighted by molar-refractivity contribution is -0.314. The molecule has 88 heavy (non-hydrogen) atoms. The Hall–Kier alpha value is -0.900. The molecular formula is C84H163O4-. The predicted octanol–water partition coefficient (Wildman–Crippen LogP) is 27.9. The second-order valence-corrected chi connectivity index (χ2v) is 30.5. The van der Waals surface area contributed by atoms with Crippen molar-refractivity contribution in [1.82, 2.24) is 0 Å². The van der Waals surface area contributed by atoms with Gasteiger partial charge in [-0.2, -0.15) is 0 Å². The van der Waals surface area contributed by atoms with Gasteiger partial charge < -0.3 is 15.0 Å². The van der Waals surface area contributed by atoms with Crippen LogP contribution < -0.4 is 5.11 Å². The van der Waals surface area contributed by atoms with Crippen molar-refractivity contribution in [2.24, 2.45) is 29.6 Å². The third-order valence-corrected chi connectivity index (χ3v) is 21.8. The standard InChI is InChI=1S/C84H164O4/c1-5-7-9-11-13-15-17-19-21-23-24-25-26-30-37-43-49-55-61-67-73-80(84(87)88)83(86)75-69-63-57-51-45-39-31-27-29-36-42-48-54-60-66-72-79-76-81(79)77(3)70-64-58-52-46-40-34-32-33-38-44-50-56-62-68-74-82(85)78(4)71-65-59-53-47-41-35-28-22-20-18-16-14-12-10-8-6-2/h77-81,83,86H,5-76H2,1-4H3,(H,87,88)/p-1/t77?,78-,79?,80+,81?,83+/m0/s1. The lowest BCUT2D eigenvalue weighted by atomic mass is 9.91. The molecule has 0 aromatic carbocycles. The molecule has 0 radical (unpaired) electrons. The molecule has 0 bridgehead atoms. The zero-order valence-electron chi connectivity index (χ0n) is 61.0. The van der Waals surface area contributed by atoms with Gasteiger partial charge in [0.2, 0.25) is 0 Å². The molecule has 524 valence electrons. The SMILES string of the molecule is CCCCCCCCCCCCCCCCCCCCCC[C@@H](C(=O)[O-])[C@H](O)CCCCCCCCCCCCCCCCCC1CC1C(C)CCCCCCCCCCCCCCCCC(=O)[C@@H](C)CCCCCCCCCCCCCCCCCC. The van der Waals surface area contributed by atoms with E-state index >= 15 is 0 Å². The molecule has 0 aromatic rings. The molecule has 1 rings (SSSR count). The first kappa shape index (κ1) is 85.1. The van der Waals surface area contributed by atoms with E-state index < -0.39 is 18.0 Å². The minimum Gasteiger partial charge on any atom is -0.550 e. The van der Waals surface area contributed by atoms with Crippen LogP contribution in [0.25, 0.3) is 0 Å². The lowest BCUT2D eigenvalue weighted by Crippen LogP contribution is -2.38. The van der Waals surface area contributed by atoms with E-state index in [0.717, 1.165) is 62.7 Å². The van der Waals surface area contributed by atoms with E-state index in [1.54, 1.807) is 0 Å². The summed E-state index contributed by atoms with van der Waals surface area (Å²) in [6, 6.07) is 0. The molecule has 1 fully saturated rings. The number of Topliss-reactive ketones (excluding diaryl/α,β-unsaturated/α-hetero) is 1. The molecule has 0 heterocycles. The third kappa shape index (κ3) is 60.1. The Labute approximate surface area is 554 Å². The molecular weight excluding hydrogens is 1070 g/mol. The highest BCUT2D eigenvalue weighted by Gasteiger charge is 2.39.